The Kier molecular flexibility index (Phi) is 4.58. The van der Waals surface area contributed by atoms with Crippen LogP contribution in [-0.4, -0.2) is 29.9 Å². The summed E-state index contributed by atoms with van der Waals surface area (Å²) < 4.78 is 0. The topological polar surface area (TPSA) is 56.1 Å². The van der Waals surface area contributed by atoms with Crippen molar-refractivity contribution in [2.45, 2.75) is 18.9 Å². The molecule has 1 N–H and O–H groups in total. The molecule has 4 nitrogen and oxygen atoms in total. The van der Waals surface area contributed by atoms with Crippen molar-refractivity contribution in [3.63, 3.8) is 0 Å². The van der Waals surface area contributed by atoms with Crippen molar-refractivity contribution in [1.29, 1.82) is 5.26 Å². The van der Waals surface area contributed by atoms with E-state index in [1.807, 2.05) is 54.6 Å². The molecule has 1 saturated heterocycles. The van der Waals surface area contributed by atoms with Gasteiger partial charge < -0.3 is 10.2 Å². The first-order valence-corrected chi connectivity index (χ1v) is 7.87. The predicted octanol–water partition coefficient (Wildman–Crippen LogP) is 3.03. The van der Waals surface area contributed by atoms with Gasteiger partial charge >= 0.3 is 0 Å². The third-order valence-electron chi connectivity index (χ3n) is 4.15. The highest BCUT2D eigenvalue weighted by molar-refractivity contribution is 5.94. The van der Waals surface area contributed by atoms with E-state index in [2.05, 4.69) is 11.5 Å². The molecule has 1 atom stereocenters. The van der Waals surface area contributed by atoms with Crippen molar-refractivity contribution in [3.05, 3.63) is 60.2 Å². The maximum atomic E-state index is 12.3. The van der Waals surface area contributed by atoms with Gasteiger partial charge in [0, 0.05) is 24.7 Å². The van der Waals surface area contributed by atoms with Crippen LogP contribution in [0.4, 0.5) is 0 Å². The normalized spacial score (nSPS) is 17.3. The highest BCUT2D eigenvalue weighted by Crippen LogP contribution is 2.19. The quantitative estimate of drug-likeness (QED) is 0.887. The number of amides is 1. The van der Waals surface area contributed by atoms with Crippen LogP contribution >= 0.6 is 0 Å². The third-order valence-corrected chi connectivity index (χ3v) is 4.15. The lowest BCUT2D eigenvalue weighted by molar-refractivity contribution is 0.0918. The summed E-state index contributed by atoms with van der Waals surface area (Å²) in [4.78, 5) is 14.0. The first-order valence-electron chi connectivity index (χ1n) is 7.87. The van der Waals surface area contributed by atoms with Gasteiger partial charge in [0.1, 0.15) is 0 Å². The van der Waals surface area contributed by atoms with Crippen molar-refractivity contribution in [3.8, 4) is 17.3 Å². The second kappa shape index (κ2) is 6.97. The molecule has 1 fully saturated rings. The molecule has 1 unspecified atom stereocenters. The summed E-state index contributed by atoms with van der Waals surface area (Å²) in [7, 11) is 0. The highest BCUT2D eigenvalue weighted by Gasteiger charge is 2.20. The lowest BCUT2D eigenvalue weighted by atomic mass is 10.0. The zero-order chi connectivity index (χ0) is 16.1. The Hall–Kier alpha value is -2.80. The second-order valence-electron chi connectivity index (χ2n) is 5.80. The van der Waals surface area contributed by atoms with Crippen LogP contribution in [0.5, 0.6) is 0 Å². The Morgan fingerprint density at radius 3 is 2.48 bits per heavy atom. The maximum Gasteiger partial charge on any atom is 0.251 e. The molecule has 0 radical (unpaired) electrons. The lowest BCUT2D eigenvalue weighted by Gasteiger charge is -2.29. The van der Waals surface area contributed by atoms with Crippen LogP contribution in [0.2, 0.25) is 0 Å². The number of piperidine rings is 1. The van der Waals surface area contributed by atoms with E-state index in [4.69, 9.17) is 5.26 Å². The van der Waals surface area contributed by atoms with Crippen molar-refractivity contribution in [1.82, 2.24) is 10.2 Å². The number of nitriles is 1. The molecule has 1 amide bonds. The standard InChI is InChI=1S/C19H19N3O/c20-14-22-12-4-7-18(13-22)21-19(23)17-10-8-16(9-11-17)15-5-2-1-3-6-15/h1-3,5-6,8-11,18H,4,7,12-13H2,(H,21,23). The van der Waals surface area contributed by atoms with Crippen molar-refractivity contribution < 1.29 is 4.79 Å². The van der Waals surface area contributed by atoms with Crippen LogP contribution in [0.25, 0.3) is 11.1 Å². The van der Waals surface area contributed by atoms with E-state index in [-0.39, 0.29) is 11.9 Å². The van der Waals surface area contributed by atoms with Crippen LogP contribution in [-0.2, 0) is 0 Å². The molecule has 23 heavy (non-hydrogen) atoms. The molecule has 0 aliphatic carbocycles. The van der Waals surface area contributed by atoms with E-state index in [1.54, 1.807) is 4.90 Å². The minimum atomic E-state index is -0.0746. The summed E-state index contributed by atoms with van der Waals surface area (Å²) in [5.74, 6) is -0.0746. The molecule has 116 valence electrons. The van der Waals surface area contributed by atoms with Gasteiger partial charge in [0.15, 0.2) is 6.19 Å². The number of nitrogens with one attached hydrogen (secondary N) is 1. The number of benzene rings is 2. The van der Waals surface area contributed by atoms with Gasteiger partial charge in [-0.15, -0.1) is 0 Å². The van der Waals surface area contributed by atoms with Crippen LogP contribution in [0.1, 0.15) is 23.2 Å². The fourth-order valence-electron chi connectivity index (χ4n) is 2.90. The Balaban J connectivity index is 1.65. The molecule has 4 heteroatoms. The maximum absolute atomic E-state index is 12.3. The highest BCUT2D eigenvalue weighted by atomic mass is 16.1. The van der Waals surface area contributed by atoms with Gasteiger partial charge in [0.2, 0.25) is 0 Å². The molecule has 0 saturated carbocycles. The molecule has 1 aliphatic heterocycles. The lowest BCUT2D eigenvalue weighted by Crippen LogP contribution is -2.46. The smallest absolute Gasteiger partial charge is 0.251 e. The first-order chi connectivity index (χ1) is 11.3. The fourth-order valence-corrected chi connectivity index (χ4v) is 2.90. The van der Waals surface area contributed by atoms with Crippen LogP contribution in [0, 0.1) is 11.5 Å². The van der Waals surface area contributed by atoms with Gasteiger partial charge in [-0.25, -0.2) is 0 Å². The largest absolute Gasteiger partial charge is 0.347 e. The molecule has 0 aromatic heterocycles. The summed E-state index contributed by atoms with van der Waals surface area (Å²) in [6.07, 6.45) is 4.01. The third kappa shape index (κ3) is 3.70. The Labute approximate surface area is 136 Å². The average molecular weight is 305 g/mol. The molecular formula is C19H19N3O. The SMILES string of the molecule is N#CN1CCCC(NC(=O)c2ccc(-c3ccccc3)cc2)C1. The van der Waals surface area contributed by atoms with E-state index in [1.165, 1.54) is 0 Å². The van der Waals surface area contributed by atoms with E-state index in [9.17, 15) is 4.79 Å². The van der Waals surface area contributed by atoms with Gasteiger partial charge in [-0.2, -0.15) is 5.26 Å². The molecule has 1 heterocycles. The van der Waals surface area contributed by atoms with Crippen LogP contribution < -0.4 is 5.32 Å². The van der Waals surface area contributed by atoms with Crippen molar-refractivity contribution in [2.75, 3.05) is 13.1 Å². The number of hydrogen-bond acceptors (Lipinski definition) is 3. The second-order valence-corrected chi connectivity index (χ2v) is 5.80. The van der Waals surface area contributed by atoms with Gasteiger partial charge in [0.25, 0.3) is 5.91 Å². The zero-order valence-electron chi connectivity index (χ0n) is 12.9. The fraction of sp³-hybridized carbons (Fsp3) is 0.263. The van der Waals surface area contributed by atoms with Gasteiger partial charge in [-0.1, -0.05) is 42.5 Å². The number of hydrogen-bond donors (Lipinski definition) is 1. The van der Waals surface area contributed by atoms with E-state index in [0.717, 1.165) is 30.5 Å². The van der Waals surface area contributed by atoms with E-state index >= 15 is 0 Å². The van der Waals surface area contributed by atoms with Crippen molar-refractivity contribution in [2.24, 2.45) is 0 Å². The minimum absolute atomic E-state index is 0.0460. The van der Waals surface area contributed by atoms with Crippen molar-refractivity contribution >= 4 is 5.91 Å². The van der Waals surface area contributed by atoms with Crippen LogP contribution in [0.3, 0.4) is 0 Å². The predicted molar refractivity (Wildman–Crippen MR) is 89.6 cm³/mol. The average Bonchev–Trinajstić information content (AvgIpc) is 2.63. The number of likely N-dealkylation sites (tertiary alicyclic amines) is 1. The van der Waals surface area contributed by atoms with Crippen LogP contribution in [0.15, 0.2) is 54.6 Å². The Bertz CT molecular complexity index is 704. The Morgan fingerprint density at radius 2 is 1.78 bits per heavy atom. The van der Waals surface area contributed by atoms with E-state index in [0.29, 0.717) is 12.1 Å². The molecule has 1 aliphatic rings. The summed E-state index contributed by atoms with van der Waals surface area (Å²) in [6.45, 7) is 1.39. The molecule has 0 bridgehead atoms. The van der Waals surface area contributed by atoms with E-state index < -0.39 is 0 Å². The Morgan fingerprint density at radius 1 is 1.09 bits per heavy atom. The zero-order valence-corrected chi connectivity index (χ0v) is 12.9. The van der Waals surface area contributed by atoms with Gasteiger partial charge in [-0.05, 0) is 36.1 Å². The molecule has 3 rings (SSSR count). The summed E-state index contributed by atoms with van der Waals surface area (Å²) in [6, 6.07) is 17.8. The molecule has 0 spiro atoms. The van der Waals surface area contributed by atoms with Gasteiger partial charge in [-0.3, -0.25) is 4.79 Å². The monoisotopic (exact) mass is 305 g/mol. The molecule has 2 aromatic rings. The molecule has 2 aromatic carbocycles. The summed E-state index contributed by atoms with van der Waals surface area (Å²) in [5.41, 5.74) is 2.88. The molecular weight excluding hydrogens is 286 g/mol. The number of rotatable bonds is 3. The summed E-state index contributed by atoms with van der Waals surface area (Å²) >= 11 is 0. The number of nitrogens with zero attached hydrogens (tertiary/aromatic N) is 2. The minimum Gasteiger partial charge on any atom is -0.347 e. The number of carbonyl (C=O) groups excluding carboxylic acids is 1. The number of carbonyl (C=O) groups is 1. The van der Waals surface area contributed by atoms with Gasteiger partial charge in [0.05, 0.1) is 0 Å². The first kappa shape index (κ1) is 15.1. The summed E-state index contributed by atoms with van der Waals surface area (Å²) in [5, 5.41) is 12.0.